The maximum atomic E-state index is 12.7. The predicted octanol–water partition coefficient (Wildman–Crippen LogP) is 2.48. The van der Waals surface area contributed by atoms with Gasteiger partial charge in [0.25, 0.3) is 5.91 Å². The van der Waals surface area contributed by atoms with E-state index in [0.717, 1.165) is 15.6 Å². The van der Waals surface area contributed by atoms with Crippen LogP contribution in [0.3, 0.4) is 0 Å². The summed E-state index contributed by atoms with van der Waals surface area (Å²) in [5.74, 6) is -0.554. The van der Waals surface area contributed by atoms with E-state index in [1.807, 2.05) is 91.0 Å². The van der Waals surface area contributed by atoms with Crippen LogP contribution in [0.4, 0.5) is 4.79 Å². The predicted molar refractivity (Wildman–Crippen MR) is 113 cm³/mol. The Morgan fingerprint density at radius 2 is 1.11 bits per heavy atom. The highest BCUT2D eigenvalue weighted by molar-refractivity contribution is 7.07. The van der Waals surface area contributed by atoms with Crippen molar-refractivity contribution in [2.24, 2.45) is 0 Å². The first-order valence-corrected chi connectivity index (χ1v) is 10.8. The molecule has 0 atom stereocenters. The Morgan fingerprint density at radius 3 is 1.43 bits per heavy atom. The number of carbonyl (C=O) groups is 2. The van der Waals surface area contributed by atoms with Gasteiger partial charge in [-0.2, -0.15) is 0 Å². The van der Waals surface area contributed by atoms with Gasteiger partial charge in [-0.3, -0.25) is 10.1 Å². The van der Waals surface area contributed by atoms with Crippen LogP contribution in [0.2, 0.25) is 0 Å². The monoisotopic (exact) mass is 387 g/mol. The first-order valence-electron chi connectivity index (χ1n) is 8.90. The van der Waals surface area contributed by atoms with Gasteiger partial charge in [-0.15, -0.1) is 0 Å². The van der Waals surface area contributed by atoms with E-state index < -0.39 is 20.3 Å². The van der Waals surface area contributed by atoms with Gasteiger partial charge in [0.1, 0.15) is 0 Å². The van der Waals surface area contributed by atoms with Gasteiger partial charge in [-0.1, -0.05) is 97.6 Å². The average molecular weight is 388 g/mol. The van der Waals surface area contributed by atoms with Crippen molar-refractivity contribution >= 4 is 35.9 Å². The fraction of sp³-hybridized carbons (Fsp3) is 0.0435. The number of hydrogen-bond donors (Lipinski definition) is 1. The molecule has 0 aromatic heterocycles. The normalized spacial score (nSPS) is 10.8. The number of imide groups is 1. The summed E-state index contributed by atoms with van der Waals surface area (Å²) in [5.41, 5.74) is 0.239. The van der Waals surface area contributed by atoms with Crippen LogP contribution in [0.5, 0.6) is 0 Å². The van der Waals surface area contributed by atoms with E-state index in [0.29, 0.717) is 0 Å². The first kappa shape index (κ1) is 19.3. The van der Waals surface area contributed by atoms with Crippen LogP contribution in [0.25, 0.3) is 0 Å². The third-order valence-electron chi connectivity index (χ3n) is 4.39. The Morgan fingerprint density at radius 1 is 0.750 bits per heavy atom. The van der Waals surface area contributed by atoms with Crippen LogP contribution in [0.15, 0.2) is 103 Å². The van der Waals surface area contributed by atoms with Gasteiger partial charge < -0.3 is 4.43 Å². The molecule has 140 valence electrons. The van der Waals surface area contributed by atoms with Crippen LogP contribution in [-0.2, 0) is 9.22 Å². The Labute approximate surface area is 165 Å². The molecule has 0 aliphatic heterocycles. The summed E-state index contributed by atoms with van der Waals surface area (Å²) in [6.45, 7) is 5.11. The molecule has 0 bridgehead atoms. The Balaban J connectivity index is 2.18. The summed E-state index contributed by atoms with van der Waals surface area (Å²) in [7, 11) is -3.18. The van der Waals surface area contributed by atoms with Crippen LogP contribution in [-0.4, -0.2) is 20.3 Å². The standard InChI is InChI=1S/C23H21NO3Si/c1-18(2)22(25)24-23(26)27-28(19-12-6-3-7-13-19,20-14-8-4-9-15-20)21-16-10-5-11-17-21/h3-17H,1H2,2H3,(H,24,25,26). The third-order valence-corrected chi connectivity index (χ3v) is 8.32. The second-order valence-electron chi connectivity index (χ2n) is 6.40. The van der Waals surface area contributed by atoms with Crippen LogP contribution >= 0.6 is 0 Å². The molecule has 28 heavy (non-hydrogen) atoms. The summed E-state index contributed by atoms with van der Waals surface area (Å²) >= 11 is 0. The van der Waals surface area contributed by atoms with Crippen LogP contribution in [0, 0.1) is 0 Å². The Kier molecular flexibility index (Phi) is 5.86. The van der Waals surface area contributed by atoms with Gasteiger partial charge in [-0.25, -0.2) is 4.79 Å². The lowest BCUT2D eigenvalue weighted by Crippen LogP contribution is -2.70. The van der Waals surface area contributed by atoms with Crippen molar-refractivity contribution < 1.29 is 14.0 Å². The zero-order valence-corrected chi connectivity index (χ0v) is 16.6. The zero-order chi connectivity index (χ0) is 20.0. The van der Waals surface area contributed by atoms with Crippen molar-refractivity contribution in [3.05, 3.63) is 103 Å². The summed E-state index contributed by atoms with van der Waals surface area (Å²) in [4.78, 5) is 24.7. The second-order valence-corrected chi connectivity index (χ2v) is 9.70. The maximum Gasteiger partial charge on any atom is 0.401 e. The number of hydrogen-bond acceptors (Lipinski definition) is 3. The molecule has 0 aliphatic carbocycles. The second kappa shape index (κ2) is 8.50. The smallest absolute Gasteiger partial charge is 0.401 e. The van der Waals surface area contributed by atoms with E-state index in [2.05, 4.69) is 11.9 Å². The molecule has 1 N–H and O–H groups in total. The molecular formula is C23H21NO3Si. The Hall–Kier alpha value is -3.44. The topological polar surface area (TPSA) is 55.4 Å². The van der Waals surface area contributed by atoms with E-state index >= 15 is 0 Å². The highest BCUT2D eigenvalue weighted by Gasteiger charge is 2.45. The number of nitrogens with one attached hydrogen (secondary N) is 1. The summed E-state index contributed by atoms with van der Waals surface area (Å²) < 4.78 is 6.14. The van der Waals surface area contributed by atoms with Gasteiger partial charge in [0.05, 0.1) is 0 Å². The van der Waals surface area contributed by atoms with E-state index in [1.165, 1.54) is 0 Å². The van der Waals surface area contributed by atoms with Gasteiger partial charge in [0, 0.05) is 5.57 Å². The van der Waals surface area contributed by atoms with Crippen LogP contribution < -0.4 is 20.9 Å². The molecule has 0 aliphatic rings. The number of benzene rings is 3. The molecule has 3 aromatic rings. The van der Waals surface area contributed by atoms with Crippen molar-refractivity contribution in [3.63, 3.8) is 0 Å². The molecule has 0 spiro atoms. The summed E-state index contributed by atoms with van der Waals surface area (Å²) in [6.07, 6.45) is -0.781. The fourth-order valence-electron chi connectivity index (χ4n) is 3.06. The number of carbonyl (C=O) groups excluding carboxylic acids is 2. The number of amides is 2. The molecule has 0 radical (unpaired) electrons. The third kappa shape index (κ3) is 3.94. The van der Waals surface area contributed by atoms with E-state index in [9.17, 15) is 9.59 Å². The van der Waals surface area contributed by atoms with Crippen molar-refractivity contribution in [2.45, 2.75) is 6.92 Å². The number of rotatable bonds is 5. The van der Waals surface area contributed by atoms with E-state index in [-0.39, 0.29) is 5.57 Å². The molecule has 2 amide bonds. The lowest BCUT2D eigenvalue weighted by molar-refractivity contribution is -0.116. The molecule has 4 nitrogen and oxygen atoms in total. The summed E-state index contributed by atoms with van der Waals surface area (Å²) in [6, 6.07) is 29.0. The Bertz CT molecular complexity index is 876. The molecule has 0 saturated heterocycles. The molecule has 0 heterocycles. The average Bonchev–Trinajstić information content (AvgIpc) is 2.74. The van der Waals surface area contributed by atoms with Gasteiger partial charge >= 0.3 is 14.4 Å². The minimum Gasteiger partial charge on any atom is -0.490 e. The zero-order valence-electron chi connectivity index (χ0n) is 15.6. The summed E-state index contributed by atoms with van der Waals surface area (Å²) in [5, 5.41) is 5.00. The molecule has 3 aromatic carbocycles. The lowest BCUT2D eigenvalue weighted by Gasteiger charge is -2.32. The van der Waals surface area contributed by atoms with Crippen LogP contribution in [0.1, 0.15) is 6.92 Å². The molecule has 0 unspecified atom stereocenters. The minimum atomic E-state index is -3.18. The van der Waals surface area contributed by atoms with E-state index in [4.69, 9.17) is 4.43 Å². The SMILES string of the molecule is C=C(C)C(=O)NC(=O)O[Si](c1ccccc1)(c1ccccc1)c1ccccc1. The first-order chi connectivity index (χ1) is 13.5. The fourth-order valence-corrected chi connectivity index (χ4v) is 6.73. The van der Waals surface area contributed by atoms with Gasteiger partial charge in [0.2, 0.25) is 0 Å². The van der Waals surface area contributed by atoms with E-state index in [1.54, 1.807) is 6.92 Å². The van der Waals surface area contributed by atoms with Gasteiger partial charge in [0.15, 0.2) is 0 Å². The largest absolute Gasteiger partial charge is 0.490 e. The lowest BCUT2D eigenvalue weighted by atomic mass is 10.3. The van der Waals surface area contributed by atoms with Gasteiger partial charge in [-0.05, 0) is 22.5 Å². The van der Waals surface area contributed by atoms with Crippen molar-refractivity contribution in [2.75, 3.05) is 0 Å². The maximum absolute atomic E-state index is 12.7. The quantitative estimate of drug-likeness (QED) is 0.416. The van der Waals surface area contributed by atoms with Crippen molar-refractivity contribution in [3.8, 4) is 0 Å². The highest BCUT2D eigenvalue weighted by Crippen LogP contribution is 2.10. The molecule has 5 heteroatoms. The minimum absolute atomic E-state index is 0.239. The molecule has 0 saturated carbocycles. The molecular weight excluding hydrogens is 366 g/mol. The highest BCUT2D eigenvalue weighted by atomic mass is 28.4. The molecule has 3 rings (SSSR count). The van der Waals surface area contributed by atoms with Crippen molar-refractivity contribution in [1.29, 1.82) is 0 Å². The van der Waals surface area contributed by atoms with Crippen molar-refractivity contribution in [1.82, 2.24) is 5.32 Å². The molecule has 0 fully saturated rings.